The fourth-order valence-electron chi connectivity index (χ4n) is 2.90. The molecule has 0 aliphatic carbocycles. The summed E-state index contributed by atoms with van der Waals surface area (Å²) >= 11 is 9.23. The van der Waals surface area contributed by atoms with Crippen LogP contribution in [0, 0.1) is 5.92 Å². The van der Waals surface area contributed by atoms with Gasteiger partial charge in [-0.25, -0.2) is 15.0 Å². The van der Waals surface area contributed by atoms with E-state index >= 15 is 0 Å². The Bertz CT molecular complexity index is 793. The van der Waals surface area contributed by atoms with Gasteiger partial charge in [-0.2, -0.15) is 0 Å². The summed E-state index contributed by atoms with van der Waals surface area (Å²) in [6, 6.07) is 0. The zero-order chi connectivity index (χ0) is 16.7. The van der Waals surface area contributed by atoms with Gasteiger partial charge in [-0.05, 0) is 24.1 Å². The Morgan fingerprint density at radius 2 is 2.21 bits per heavy atom. The van der Waals surface area contributed by atoms with Crippen molar-refractivity contribution in [3.63, 3.8) is 0 Å². The quantitative estimate of drug-likeness (QED) is 0.774. The molecule has 0 radical (unpaired) electrons. The SMILES string of the molecule is C[C@H]1C[C@H](n2cnc3c(N)ncnc32)O[C@@H]1COP1(=S)SCCS1. The van der Waals surface area contributed by atoms with Crippen molar-refractivity contribution in [2.45, 2.75) is 25.7 Å². The number of rotatable bonds is 4. The van der Waals surface area contributed by atoms with Crippen LogP contribution in [-0.4, -0.2) is 43.7 Å². The Morgan fingerprint density at radius 1 is 1.42 bits per heavy atom. The molecule has 2 aliphatic rings. The van der Waals surface area contributed by atoms with Crippen molar-refractivity contribution in [1.82, 2.24) is 19.5 Å². The predicted molar refractivity (Wildman–Crippen MR) is 103 cm³/mol. The van der Waals surface area contributed by atoms with Gasteiger partial charge in [0.25, 0.3) is 0 Å². The van der Waals surface area contributed by atoms with E-state index in [1.807, 2.05) is 4.57 Å². The zero-order valence-corrected chi connectivity index (χ0v) is 16.4. The van der Waals surface area contributed by atoms with Gasteiger partial charge in [0.15, 0.2) is 16.1 Å². The Hall–Kier alpha value is -0.380. The Kier molecular flexibility index (Phi) is 4.79. The Morgan fingerprint density at radius 3 is 3.00 bits per heavy atom. The lowest BCUT2D eigenvalue weighted by molar-refractivity contribution is -0.0202. The van der Waals surface area contributed by atoms with E-state index in [1.165, 1.54) is 6.33 Å². The molecule has 2 aliphatic heterocycles. The molecule has 2 aromatic heterocycles. The Labute approximate surface area is 153 Å². The number of hydrogen-bond acceptors (Lipinski definition) is 9. The van der Waals surface area contributed by atoms with E-state index < -0.39 is 4.67 Å². The van der Waals surface area contributed by atoms with Crippen molar-refractivity contribution in [3.05, 3.63) is 12.7 Å². The van der Waals surface area contributed by atoms with Crippen LogP contribution in [0.1, 0.15) is 19.6 Å². The summed E-state index contributed by atoms with van der Waals surface area (Å²) in [4.78, 5) is 12.6. The second-order valence-corrected chi connectivity index (χ2v) is 16.6. The van der Waals surface area contributed by atoms with E-state index in [1.54, 1.807) is 29.1 Å². The van der Waals surface area contributed by atoms with Crippen LogP contribution in [-0.2, 0) is 21.1 Å². The highest BCUT2D eigenvalue weighted by molar-refractivity contribution is 9.00. The first-order valence-corrected chi connectivity index (χ1v) is 13.6. The minimum Gasteiger partial charge on any atom is -0.382 e. The molecule has 24 heavy (non-hydrogen) atoms. The largest absolute Gasteiger partial charge is 0.382 e. The Balaban J connectivity index is 1.48. The van der Waals surface area contributed by atoms with Gasteiger partial charge >= 0.3 is 0 Å². The molecular weight excluding hydrogens is 385 g/mol. The molecule has 2 fully saturated rings. The van der Waals surface area contributed by atoms with Crippen LogP contribution in [0.5, 0.6) is 0 Å². The van der Waals surface area contributed by atoms with Crippen molar-refractivity contribution in [2.24, 2.45) is 5.92 Å². The van der Waals surface area contributed by atoms with Crippen molar-refractivity contribution in [3.8, 4) is 0 Å². The average Bonchev–Trinajstić information content (AvgIpc) is 3.25. The maximum atomic E-state index is 6.22. The molecule has 0 bridgehead atoms. The highest BCUT2D eigenvalue weighted by Gasteiger charge is 2.36. The monoisotopic (exact) mass is 403 g/mol. The molecule has 2 N–H and O–H groups in total. The van der Waals surface area contributed by atoms with Gasteiger partial charge < -0.3 is 15.0 Å². The number of nitrogens with zero attached hydrogens (tertiary/aromatic N) is 4. The third-order valence-electron chi connectivity index (χ3n) is 4.22. The van der Waals surface area contributed by atoms with Gasteiger partial charge in [0.05, 0.1) is 19.0 Å². The zero-order valence-electron chi connectivity index (χ0n) is 13.1. The fraction of sp³-hybridized carbons (Fsp3) is 0.615. The minimum absolute atomic E-state index is 0.0354. The lowest BCUT2D eigenvalue weighted by Crippen LogP contribution is -2.20. The van der Waals surface area contributed by atoms with Crippen molar-refractivity contribution < 1.29 is 9.26 Å². The lowest BCUT2D eigenvalue weighted by atomic mass is 10.0. The molecule has 3 atom stereocenters. The minimum atomic E-state index is -1.74. The number of aromatic nitrogens is 4. The van der Waals surface area contributed by atoms with E-state index in [2.05, 4.69) is 21.9 Å². The topological polar surface area (TPSA) is 88.1 Å². The number of hydrogen-bond donors (Lipinski definition) is 1. The van der Waals surface area contributed by atoms with Crippen LogP contribution in [0.25, 0.3) is 11.2 Å². The van der Waals surface area contributed by atoms with Crippen LogP contribution in [0.15, 0.2) is 12.7 Å². The normalized spacial score (nSPS) is 29.5. The molecule has 2 saturated heterocycles. The average molecular weight is 403 g/mol. The van der Waals surface area contributed by atoms with E-state index in [0.717, 1.165) is 17.9 Å². The van der Waals surface area contributed by atoms with E-state index in [4.69, 9.17) is 26.8 Å². The van der Waals surface area contributed by atoms with Gasteiger partial charge in [-0.1, -0.05) is 29.7 Å². The molecule has 0 unspecified atom stereocenters. The van der Waals surface area contributed by atoms with Crippen LogP contribution < -0.4 is 5.73 Å². The highest BCUT2D eigenvalue weighted by Crippen LogP contribution is 2.74. The lowest BCUT2D eigenvalue weighted by Gasteiger charge is -2.20. The number of nitrogens with two attached hydrogens (primary N) is 1. The van der Waals surface area contributed by atoms with Crippen LogP contribution in [0.2, 0.25) is 0 Å². The number of imidazole rings is 1. The summed E-state index contributed by atoms with van der Waals surface area (Å²) in [5.41, 5.74) is 7.17. The van der Waals surface area contributed by atoms with Crippen molar-refractivity contribution in [2.75, 3.05) is 23.8 Å². The molecule has 7 nitrogen and oxygen atoms in total. The molecule has 130 valence electrons. The van der Waals surface area contributed by atoms with E-state index in [-0.39, 0.29) is 12.3 Å². The van der Waals surface area contributed by atoms with Crippen LogP contribution in [0.4, 0.5) is 5.82 Å². The van der Waals surface area contributed by atoms with Gasteiger partial charge in [0, 0.05) is 11.5 Å². The summed E-state index contributed by atoms with van der Waals surface area (Å²) in [6.45, 7) is 2.73. The maximum Gasteiger partial charge on any atom is 0.174 e. The summed E-state index contributed by atoms with van der Waals surface area (Å²) < 4.78 is 12.5. The molecule has 11 heteroatoms. The van der Waals surface area contributed by atoms with Gasteiger partial charge in [0.1, 0.15) is 18.1 Å². The molecule has 0 saturated carbocycles. The first-order valence-electron chi connectivity index (χ1n) is 7.68. The van der Waals surface area contributed by atoms with Gasteiger partial charge in [-0.3, -0.25) is 4.57 Å². The van der Waals surface area contributed by atoms with Gasteiger partial charge in [0.2, 0.25) is 0 Å². The first kappa shape index (κ1) is 17.1. The third kappa shape index (κ3) is 3.20. The van der Waals surface area contributed by atoms with Crippen LogP contribution in [0.3, 0.4) is 0 Å². The smallest absolute Gasteiger partial charge is 0.174 e. The van der Waals surface area contributed by atoms with Crippen molar-refractivity contribution >= 4 is 56.2 Å². The van der Waals surface area contributed by atoms with Crippen molar-refractivity contribution in [1.29, 1.82) is 0 Å². The number of nitrogen functional groups attached to an aromatic ring is 1. The number of ether oxygens (including phenoxy) is 1. The molecular formula is C13H18N5O2PS3. The third-order valence-corrected chi connectivity index (χ3v) is 14.1. The molecule has 0 spiro atoms. The van der Waals surface area contributed by atoms with E-state index in [9.17, 15) is 0 Å². The molecule has 0 amide bonds. The maximum absolute atomic E-state index is 6.22. The predicted octanol–water partition coefficient (Wildman–Crippen LogP) is 3.05. The summed E-state index contributed by atoms with van der Waals surface area (Å²) in [7, 11) is 0. The molecule has 4 heterocycles. The number of anilines is 1. The van der Waals surface area contributed by atoms with E-state index in [0.29, 0.717) is 29.5 Å². The summed E-state index contributed by atoms with van der Waals surface area (Å²) in [5, 5.41) is 0. The van der Waals surface area contributed by atoms with Gasteiger partial charge in [-0.15, -0.1) is 0 Å². The second kappa shape index (κ2) is 6.74. The second-order valence-electron chi connectivity index (χ2n) is 5.83. The number of fused-ring (bicyclic) bond motifs is 1. The first-order chi connectivity index (χ1) is 11.6. The highest BCUT2D eigenvalue weighted by atomic mass is 33.2. The fourth-order valence-corrected chi connectivity index (χ4v) is 11.8. The summed E-state index contributed by atoms with van der Waals surface area (Å²) in [6.07, 6.45) is 3.98. The molecule has 4 rings (SSSR count). The summed E-state index contributed by atoms with van der Waals surface area (Å²) in [5.74, 6) is 2.95. The molecule has 0 aromatic carbocycles. The molecule has 2 aromatic rings. The van der Waals surface area contributed by atoms with Crippen LogP contribution >= 0.6 is 27.4 Å². The standard InChI is InChI=1S/C13H18N5O2PS3/c1-8-4-10(18-7-17-11-12(14)15-6-16-13(11)18)20-9(8)5-19-21(22)23-2-3-24-21/h6-10H,2-5H2,1H3,(H2,14,15,16)/t8-,9+,10+/m0/s1.